The number of fused-ring (bicyclic) bond motifs is 1. The summed E-state index contributed by atoms with van der Waals surface area (Å²) < 4.78 is 1.77. The van der Waals surface area contributed by atoms with E-state index in [1.54, 1.807) is 10.9 Å². The summed E-state index contributed by atoms with van der Waals surface area (Å²) in [5.41, 5.74) is 3.52. The van der Waals surface area contributed by atoms with Crippen LogP contribution >= 0.6 is 0 Å². The standard InChI is InChI=1S/C16H20N4O/c21-16(17-8-3-10-20-11-9-18-19-20)15-7-6-13-4-1-2-5-14(13)12-15/h6-7,9,11-12H,1-5,8,10H2,(H,17,21). The second-order valence-corrected chi connectivity index (χ2v) is 5.47. The number of benzene rings is 1. The van der Waals surface area contributed by atoms with E-state index in [0.29, 0.717) is 6.54 Å². The fourth-order valence-electron chi connectivity index (χ4n) is 2.77. The zero-order valence-electron chi connectivity index (χ0n) is 12.1. The normalized spacial score (nSPS) is 13.7. The molecule has 1 aromatic carbocycles. The molecule has 1 N–H and O–H groups in total. The number of carbonyl (C=O) groups excluding carboxylic acids is 1. The van der Waals surface area contributed by atoms with E-state index in [0.717, 1.165) is 31.4 Å². The van der Waals surface area contributed by atoms with Crippen LogP contribution in [0.25, 0.3) is 0 Å². The second kappa shape index (κ2) is 6.52. The quantitative estimate of drug-likeness (QED) is 0.854. The van der Waals surface area contributed by atoms with Gasteiger partial charge in [-0.25, -0.2) is 0 Å². The lowest BCUT2D eigenvalue weighted by molar-refractivity contribution is 0.0952. The van der Waals surface area contributed by atoms with Crippen molar-refractivity contribution in [2.45, 2.75) is 38.6 Å². The third-order valence-corrected chi connectivity index (χ3v) is 3.93. The molecule has 1 aliphatic carbocycles. The molecule has 0 unspecified atom stereocenters. The molecule has 1 amide bonds. The third-order valence-electron chi connectivity index (χ3n) is 3.93. The number of nitrogens with zero attached hydrogens (tertiary/aromatic N) is 3. The number of aromatic nitrogens is 3. The van der Waals surface area contributed by atoms with Gasteiger partial charge in [-0.2, -0.15) is 0 Å². The van der Waals surface area contributed by atoms with E-state index in [4.69, 9.17) is 0 Å². The molecule has 110 valence electrons. The minimum atomic E-state index is 0.0157. The SMILES string of the molecule is O=C(NCCCn1ccnn1)c1ccc2c(c1)CCCC2. The summed E-state index contributed by atoms with van der Waals surface area (Å²) >= 11 is 0. The van der Waals surface area contributed by atoms with Crippen molar-refractivity contribution < 1.29 is 4.79 Å². The van der Waals surface area contributed by atoms with Crippen molar-refractivity contribution in [3.63, 3.8) is 0 Å². The minimum absolute atomic E-state index is 0.0157. The van der Waals surface area contributed by atoms with E-state index in [1.807, 2.05) is 12.3 Å². The van der Waals surface area contributed by atoms with Gasteiger partial charge in [-0.1, -0.05) is 11.3 Å². The molecule has 0 fully saturated rings. The van der Waals surface area contributed by atoms with Gasteiger partial charge in [0.15, 0.2) is 0 Å². The Balaban J connectivity index is 1.51. The summed E-state index contributed by atoms with van der Waals surface area (Å²) in [6, 6.07) is 6.11. The maximum atomic E-state index is 12.1. The van der Waals surface area contributed by atoms with E-state index in [9.17, 15) is 4.79 Å². The molecule has 2 aromatic rings. The van der Waals surface area contributed by atoms with Crippen LogP contribution in [0.5, 0.6) is 0 Å². The van der Waals surface area contributed by atoms with Gasteiger partial charge in [0.05, 0.1) is 6.20 Å². The molecular weight excluding hydrogens is 264 g/mol. The lowest BCUT2D eigenvalue weighted by atomic mass is 9.90. The highest BCUT2D eigenvalue weighted by molar-refractivity contribution is 5.94. The van der Waals surface area contributed by atoms with Crippen LogP contribution in [0, 0.1) is 0 Å². The second-order valence-electron chi connectivity index (χ2n) is 5.47. The molecule has 0 saturated heterocycles. The average Bonchev–Trinajstić information content (AvgIpc) is 3.04. The van der Waals surface area contributed by atoms with Gasteiger partial charge in [0.25, 0.3) is 5.91 Å². The number of hydrogen-bond acceptors (Lipinski definition) is 3. The molecule has 3 rings (SSSR count). The highest BCUT2D eigenvalue weighted by Crippen LogP contribution is 2.22. The van der Waals surface area contributed by atoms with Gasteiger partial charge in [0.1, 0.15) is 0 Å². The first-order chi connectivity index (χ1) is 10.3. The van der Waals surface area contributed by atoms with E-state index in [1.165, 1.54) is 24.0 Å². The topological polar surface area (TPSA) is 59.8 Å². The first-order valence-corrected chi connectivity index (χ1v) is 7.57. The number of nitrogens with one attached hydrogen (secondary N) is 1. The van der Waals surface area contributed by atoms with Crippen molar-refractivity contribution in [1.29, 1.82) is 0 Å². The molecule has 0 saturated carbocycles. The minimum Gasteiger partial charge on any atom is -0.352 e. The van der Waals surface area contributed by atoms with Crippen molar-refractivity contribution in [1.82, 2.24) is 20.3 Å². The fourth-order valence-corrected chi connectivity index (χ4v) is 2.77. The van der Waals surface area contributed by atoms with Crippen LogP contribution in [0.2, 0.25) is 0 Å². The Morgan fingerprint density at radius 3 is 2.90 bits per heavy atom. The maximum Gasteiger partial charge on any atom is 0.251 e. The Labute approximate surface area is 124 Å². The van der Waals surface area contributed by atoms with Gasteiger partial charge in [-0.3, -0.25) is 9.48 Å². The summed E-state index contributed by atoms with van der Waals surface area (Å²) in [7, 11) is 0. The molecule has 1 aromatic heterocycles. The number of amides is 1. The van der Waals surface area contributed by atoms with Gasteiger partial charge in [-0.05, 0) is 55.4 Å². The Kier molecular flexibility index (Phi) is 4.28. The van der Waals surface area contributed by atoms with Gasteiger partial charge in [-0.15, -0.1) is 5.10 Å². The van der Waals surface area contributed by atoms with Crippen LogP contribution in [-0.4, -0.2) is 27.4 Å². The van der Waals surface area contributed by atoms with Crippen molar-refractivity contribution in [2.75, 3.05) is 6.54 Å². The van der Waals surface area contributed by atoms with Gasteiger partial charge >= 0.3 is 0 Å². The fraction of sp³-hybridized carbons (Fsp3) is 0.438. The molecule has 0 radical (unpaired) electrons. The molecule has 0 bridgehead atoms. The molecule has 21 heavy (non-hydrogen) atoms. The molecule has 5 heteroatoms. The van der Waals surface area contributed by atoms with Crippen LogP contribution in [0.1, 0.15) is 40.7 Å². The Morgan fingerprint density at radius 2 is 2.10 bits per heavy atom. The van der Waals surface area contributed by atoms with Crippen LogP contribution in [0.3, 0.4) is 0 Å². The third kappa shape index (κ3) is 3.48. The Hall–Kier alpha value is -2.17. The molecular formula is C16H20N4O. The first-order valence-electron chi connectivity index (χ1n) is 7.57. The summed E-state index contributed by atoms with van der Waals surface area (Å²) in [6.07, 6.45) is 9.08. The lowest BCUT2D eigenvalue weighted by Crippen LogP contribution is -2.25. The molecule has 1 heterocycles. The molecule has 0 aliphatic heterocycles. The summed E-state index contributed by atoms with van der Waals surface area (Å²) in [6.45, 7) is 1.42. The first kappa shape index (κ1) is 13.8. The number of aryl methyl sites for hydroxylation is 3. The highest BCUT2D eigenvalue weighted by Gasteiger charge is 2.12. The van der Waals surface area contributed by atoms with Crippen LogP contribution in [-0.2, 0) is 19.4 Å². The van der Waals surface area contributed by atoms with Crippen molar-refractivity contribution in [3.8, 4) is 0 Å². The molecule has 0 atom stereocenters. The Morgan fingerprint density at radius 1 is 1.24 bits per heavy atom. The summed E-state index contributed by atoms with van der Waals surface area (Å²) in [5, 5.41) is 10.6. The van der Waals surface area contributed by atoms with Crippen molar-refractivity contribution in [3.05, 3.63) is 47.3 Å². The smallest absolute Gasteiger partial charge is 0.251 e. The number of hydrogen-bond donors (Lipinski definition) is 1. The summed E-state index contributed by atoms with van der Waals surface area (Å²) in [5.74, 6) is 0.0157. The predicted octanol–water partition coefficient (Wildman–Crippen LogP) is 1.98. The zero-order valence-corrected chi connectivity index (χ0v) is 12.1. The molecule has 1 aliphatic rings. The molecule has 0 spiro atoms. The average molecular weight is 284 g/mol. The monoisotopic (exact) mass is 284 g/mol. The van der Waals surface area contributed by atoms with Gasteiger partial charge in [0, 0.05) is 24.8 Å². The van der Waals surface area contributed by atoms with Crippen molar-refractivity contribution in [2.24, 2.45) is 0 Å². The van der Waals surface area contributed by atoms with Gasteiger partial charge < -0.3 is 5.32 Å². The zero-order chi connectivity index (χ0) is 14.5. The summed E-state index contributed by atoms with van der Waals surface area (Å²) in [4.78, 5) is 12.1. The number of carbonyl (C=O) groups is 1. The van der Waals surface area contributed by atoms with Crippen molar-refractivity contribution >= 4 is 5.91 Å². The predicted molar refractivity (Wildman–Crippen MR) is 80.1 cm³/mol. The number of rotatable bonds is 5. The Bertz CT molecular complexity index is 607. The van der Waals surface area contributed by atoms with E-state index in [2.05, 4.69) is 27.8 Å². The largest absolute Gasteiger partial charge is 0.352 e. The maximum absolute atomic E-state index is 12.1. The van der Waals surface area contributed by atoms with Crippen LogP contribution < -0.4 is 5.32 Å². The van der Waals surface area contributed by atoms with Crippen LogP contribution in [0.4, 0.5) is 0 Å². The van der Waals surface area contributed by atoms with E-state index in [-0.39, 0.29) is 5.91 Å². The lowest BCUT2D eigenvalue weighted by Gasteiger charge is -2.16. The molecule has 5 nitrogen and oxygen atoms in total. The van der Waals surface area contributed by atoms with E-state index >= 15 is 0 Å². The van der Waals surface area contributed by atoms with Crippen LogP contribution in [0.15, 0.2) is 30.6 Å². The van der Waals surface area contributed by atoms with Gasteiger partial charge in [0.2, 0.25) is 0 Å². The van der Waals surface area contributed by atoms with E-state index < -0.39 is 0 Å². The highest BCUT2D eigenvalue weighted by atomic mass is 16.1.